The highest BCUT2D eigenvalue weighted by Crippen LogP contribution is 2.22. The monoisotopic (exact) mass is 319 g/mol. The SMILES string of the molecule is CCCC(C(=O)NN)N(C)Cc1csc(Br)c1. The zero-order valence-electron chi connectivity index (χ0n) is 10.1. The summed E-state index contributed by atoms with van der Waals surface area (Å²) < 4.78 is 1.11. The summed E-state index contributed by atoms with van der Waals surface area (Å²) in [6.07, 6.45) is 1.76. The first-order chi connectivity index (χ1) is 8.08. The van der Waals surface area contributed by atoms with Crippen molar-refractivity contribution in [2.45, 2.75) is 32.4 Å². The van der Waals surface area contributed by atoms with E-state index in [9.17, 15) is 4.79 Å². The van der Waals surface area contributed by atoms with Gasteiger partial charge >= 0.3 is 0 Å². The van der Waals surface area contributed by atoms with Crippen LogP contribution in [-0.4, -0.2) is 23.9 Å². The molecule has 6 heteroatoms. The van der Waals surface area contributed by atoms with Gasteiger partial charge in [0.05, 0.1) is 9.83 Å². The largest absolute Gasteiger partial charge is 0.293 e. The summed E-state index contributed by atoms with van der Waals surface area (Å²) >= 11 is 5.08. The van der Waals surface area contributed by atoms with Crippen molar-refractivity contribution in [3.05, 3.63) is 20.8 Å². The van der Waals surface area contributed by atoms with E-state index in [0.717, 1.165) is 23.2 Å². The second-order valence-electron chi connectivity index (χ2n) is 3.99. The van der Waals surface area contributed by atoms with Crippen LogP contribution in [0.2, 0.25) is 0 Å². The van der Waals surface area contributed by atoms with E-state index in [-0.39, 0.29) is 11.9 Å². The summed E-state index contributed by atoms with van der Waals surface area (Å²) in [5, 5.41) is 2.09. The third-order valence-electron chi connectivity index (χ3n) is 2.59. The fraction of sp³-hybridized carbons (Fsp3) is 0.545. The number of halogens is 1. The number of nitrogens with two attached hydrogens (primary N) is 1. The van der Waals surface area contributed by atoms with Gasteiger partial charge in [0, 0.05) is 6.54 Å². The summed E-state index contributed by atoms with van der Waals surface area (Å²) in [4.78, 5) is 13.7. The molecule has 1 rings (SSSR count). The van der Waals surface area contributed by atoms with E-state index in [4.69, 9.17) is 5.84 Å². The first-order valence-electron chi connectivity index (χ1n) is 5.52. The number of carbonyl (C=O) groups excluding carboxylic acids is 1. The lowest BCUT2D eigenvalue weighted by Gasteiger charge is -2.25. The molecule has 0 bridgehead atoms. The minimum Gasteiger partial charge on any atom is -0.293 e. The fourth-order valence-corrected chi connectivity index (χ4v) is 2.95. The van der Waals surface area contributed by atoms with Crippen molar-refractivity contribution in [3.63, 3.8) is 0 Å². The zero-order valence-corrected chi connectivity index (χ0v) is 12.5. The Labute approximate surface area is 114 Å². The fourth-order valence-electron chi connectivity index (χ4n) is 1.75. The number of rotatable bonds is 6. The number of hydrogen-bond donors (Lipinski definition) is 2. The first-order valence-corrected chi connectivity index (χ1v) is 7.19. The number of nitrogens with zero attached hydrogens (tertiary/aromatic N) is 1. The molecule has 0 aliphatic heterocycles. The maximum absolute atomic E-state index is 11.7. The lowest BCUT2D eigenvalue weighted by molar-refractivity contribution is -0.126. The second kappa shape index (κ2) is 7.10. The van der Waals surface area contributed by atoms with Crippen LogP contribution >= 0.6 is 27.3 Å². The van der Waals surface area contributed by atoms with Gasteiger partial charge in [-0.25, -0.2) is 5.84 Å². The van der Waals surface area contributed by atoms with Gasteiger partial charge in [-0.05, 0) is 46.4 Å². The lowest BCUT2D eigenvalue weighted by Crippen LogP contribution is -2.47. The molecule has 1 heterocycles. The number of hydrazine groups is 1. The number of carbonyl (C=O) groups is 1. The van der Waals surface area contributed by atoms with Crippen LogP contribution in [0.1, 0.15) is 25.3 Å². The molecule has 17 heavy (non-hydrogen) atoms. The molecule has 0 saturated carbocycles. The highest BCUT2D eigenvalue weighted by Gasteiger charge is 2.21. The van der Waals surface area contributed by atoms with Crippen LogP contribution in [0.15, 0.2) is 15.2 Å². The third-order valence-corrected chi connectivity index (χ3v) is 4.15. The topological polar surface area (TPSA) is 58.4 Å². The Hall–Kier alpha value is -0.430. The standard InChI is InChI=1S/C11H18BrN3OS/c1-3-4-9(11(16)14-13)15(2)6-8-5-10(12)17-7-8/h5,7,9H,3-4,6,13H2,1-2H3,(H,14,16). The number of thiophene rings is 1. The van der Waals surface area contributed by atoms with Gasteiger partial charge in [-0.15, -0.1) is 11.3 Å². The van der Waals surface area contributed by atoms with Gasteiger partial charge in [-0.2, -0.15) is 0 Å². The molecule has 96 valence electrons. The maximum atomic E-state index is 11.7. The van der Waals surface area contributed by atoms with Gasteiger partial charge in [0.1, 0.15) is 0 Å². The van der Waals surface area contributed by atoms with E-state index in [1.54, 1.807) is 11.3 Å². The molecule has 1 amide bonds. The van der Waals surface area contributed by atoms with Gasteiger partial charge in [-0.3, -0.25) is 15.1 Å². The van der Waals surface area contributed by atoms with Gasteiger partial charge in [0.2, 0.25) is 0 Å². The molecule has 0 fully saturated rings. The molecule has 1 aromatic heterocycles. The van der Waals surface area contributed by atoms with Crippen LogP contribution in [0.3, 0.4) is 0 Å². The summed E-state index contributed by atoms with van der Waals surface area (Å²) in [6.45, 7) is 2.81. The summed E-state index contributed by atoms with van der Waals surface area (Å²) in [7, 11) is 1.95. The number of amides is 1. The molecule has 1 unspecified atom stereocenters. The van der Waals surface area contributed by atoms with Crippen molar-refractivity contribution >= 4 is 33.2 Å². The predicted octanol–water partition coefficient (Wildman–Crippen LogP) is 2.10. The van der Waals surface area contributed by atoms with Gasteiger partial charge in [0.25, 0.3) is 5.91 Å². The Bertz CT molecular complexity index is 369. The molecule has 0 radical (unpaired) electrons. The summed E-state index contributed by atoms with van der Waals surface area (Å²) in [5.41, 5.74) is 3.44. The molecule has 0 aromatic carbocycles. The summed E-state index contributed by atoms with van der Waals surface area (Å²) in [5.74, 6) is 5.09. The van der Waals surface area contributed by atoms with E-state index >= 15 is 0 Å². The Morgan fingerprint density at radius 2 is 2.41 bits per heavy atom. The molecule has 0 aliphatic rings. The number of nitrogens with one attached hydrogen (secondary N) is 1. The van der Waals surface area contributed by atoms with Crippen LogP contribution in [-0.2, 0) is 11.3 Å². The molecule has 4 nitrogen and oxygen atoms in total. The highest BCUT2D eigenvalue weighted by atomic mass is 79.9. The van der Waals surface area contributed by atoms with Crippen molar-refractivity contribution in [1.82, 2.24) is 10.3 Å². The molecule has 0 aliphatic carbocycles. The van der Waals surface area contributed by atoms with E-state index in [0.29, 0.717) is 0 Å². The normalized spacial score (nSPS) is 12.8. The average molecular weight is 320 g/mol. The van der Waals surface area contributed by atoms with Crippen molar-refractivity contribution in [2.75, 3.05) is 7.05 Å². The van der Waals surface area contributed by atoms with Crippen LogP contribution in [0.25, 0.3) is 0 Å². The lowest BCUT2D eigenvalue weighted by atomic mass is 10.1. The van der Waals surface area contributed by atoms with E-state index in [1.165, 1.54) is 5.56 Å². The Kier molecular flexibility index (Phi) is 6.11. The van der Waals surface area contributed by atoms with Gasteiger partial charge in [-0.1, -0.05) is 13.3 Å². The number of likely N-dealkylation sites (N-methyl/N-ethyl adjacent to an activating group) is 1. The minimum atomic E-state index is -0.163. The zero-order chi connectivity index (χ0) is 12.8. The first kappa shape index (κ1) is 14.6. The smallest absolute Gasteiger partial charge is 0.251 e. The molecular formula is C11H18BrN3OS. The van der Waals surface area contributed by atoms with Crippen LogP contribution < -0.4 is 11.3 Å². The maximum Gasteiger partial charge on any atom is 0.251 e. The third kappa shape index (κ3) is 4.39. The number of hydrogen-bond acceptors (Lipinski definition) is 4. The molecule has 1 aromatic rings. The second-order valence-corrected chi connectivity index (χ2v) is 6.28. The van der Waals surface area contributed by atoms with E-state index < -0.39 is 0 Å². The Morgan fingerprint density at radius 3 is 2.88 bits per heavy atom. The van der Waals surface area contributed by atoms with E-state index in [1.807, 2.05) is 11.9 Å². The molecular weight excluding hydrogens is 302 g/mol. The van der Waals surface area contributed by atoms with Crippen molar-refractivity contribution in [3.8, 4) is 0 Å². The molecule has 1 atom stereocenters. The Balaban J connectivity index is 2.64. The van der Waals surface area contributed by atoms with Crippen LogP contribution in [0, 0.1) is 0 Å². The summed E-state index contributed by atoms with van der Waals surface area (Å²) in [6, 6.07) is 1.91. The van der Waals surface area contributed by atoms with Gasteiger partial charge < -0.3 is 0 Å². The molecule has 3 N–H and O–H groups in total. The van der Waals surface area contributed by atoms with Crippen molar-refractivity contribution in [2.24, 2.45) is 5.84 Å². The quantitative estimate of drug-likeness (QED) is 0.479. The van der Waals surface area contributed by atoms with Crippen LogP contribution in [0.5, 0.6) is 0 Å². The molecule has 0 saturated heterocycles. The average Bonchev–Trinajstić information content (AvgIpc) is 2.70. The Morgan fingerprint density at radius 1 is 1.71 bits per heavy atom. The van der Waals surface area contributed by atoms with Crippen molar-refractivity contribution < 1.29 is 4.79 Å². The van der Waals surface area contributed by atoms with Crippen molar-refractivity contribution in [1.29, 1.82) is 0 Å². The highest BCUT2D eigenvalue weighted by molar-refractivity contribution is 9.11. The minimum absolute atomic E-state index is 0.122. The molecule has 0 spiro atoms. The van der Waals surface area contributed by atoms with Crippen LogP contribution in [0.4, 0.5) is 0 Å². The van der Waals surface area contributed by atoms with E-state index in [2.05, 4.69) is 39.7 Å². The van der Waals surface area contributed by atoms with Gasteiger partial charge in [0.15, 0.2) is 0 Å². The predicted molar refractivity (Wildman–Crippen MR) is 74.5 cm³/mol.